The molecule has 3 saturated heterocycles. The molecule has 1 amide bonds. The number of hydrogen-bond donors (Lipinski definition) is 0. The third-order valence-corrected chi connectivity index (χ3v) is 6.94. The summed E-state index contributed by atoms with van der Waals surface area (Å²) in [5, 5.41) is 0. The van der Waals surface area contributed by atoms with Crippen LogP contribution in [0, 0.1) is 11.8 Å². The van der Waals surface area contributed by atoms with Gasteiger partial charge in [-0.05, 0) is 64.1 Å². The number of ether oxygens (including phenoxy) is 1. The zero-order valence-electron chi connectivity index (χ0n) is 15.7. The summed E-state index contributed by atoms with van der Waals surface area (Å²) in [5.41, 5.74) is 0. The smallest absolute Gasteiger partial charge is 0.227 e. The lowest BCUT2D eigenvalue weighted by Gasteiger charge is -2.44. The van der Waals surface area contributed by atoms with Crippen molar-refractivity contribution in [1.82, 2.24) is 14.7 Å². The van der Waals surface area contributed by atoms with Crippen LogP contribution in [0.1, 0.15) is 44.9 Å². The number of carbonyl (C=O) groups excluding carboxylic acids is 1. The Bertz CT molecular complexity index is 440. The lowest BCUT2D eigenvalue weighted by Crippen LogP contribution is -2.52. The fraction of sp³-hybridized carbons (Fsp3) is 0.950. The first-order valence-corrected chi connectivity index (χ1v) is 10.6. The summed E-state index contributed by atoms with van der Waals surface area (Å²) < 4.78 is 5.39. The Morgan fingerprint density at radius 2 is 1.64 bits per heavy atom. The summed E-state index contributed by atoms with van der Waals surface area (Å²) in [6.45, 7) is 9.04. The number of carbonyl (C=O) groups is 1. The Balaban J connectivity index is 1.24. The van der Waals surface area contributed by atoms with E-state index in [2.05, 4.69) is 9.80 Å². The van der Waals surface area contributed by atoms with Gasteiger partial charge in [0.2, 0.25) is 5.91 Å². The Hall–Kier alpha value is -0.650. The Kier molecular flexibility index (Phi) is 5.94. The Morgan fingerprint density at radius 3 is 2.32 bits per heavy atom. The lowest BCUT2D eigenvalue weighted by atomic mass is 9.84. The van der Waals surface area contributed by atoms with Gasteiger partial charge in [-0.1, -0.05) is 6.42 Å². The number of hydrogen-bond acceptors (Lipinski definition) is 4. The molecule has 0 radical (unpaired) electrons. The molecule has 0 unspecified atom stereocenters. The van der Waals surface area contributed by atoms with Gasteiger partial charge in [0.25, 0.3) is 0 Å². The summed E-state index contributed by atoms with van der Waals surface area (Å²) in [6, 6.07) is 0.706. The molecule has 0 aromatic heterocycles. The van der Waals surface area contributed by atoms with Gasteiger partial charge in [-0.15, -0.1) is 0 Å². The highest BCUT2D eigenvalue weighted by Crippen LogP contribution is 2.29. The summed E-state index contributed by atoms with van der Waals surface area (Å²) in [6.07, 6.45) is 9.22. The summed E-state index contributed by atoms with van der Waals surface area (Å²) in [4.78, 5) is 20.2. The second-order valence-corrected chi connectivity index (χ2v) is 8.60. The second-order valence-electron chi connectivity index (χ2n) is 8.60. The predicted molar refractivity (Wildman–Crippen MR) is 98.5 cm³/mol. The van der Waals surface area contributed by atoms with Crippen LogP contribution < -0.4 is 0 Å². The largest absolute Gasteiger partial charge is 0.378 e. The monoisotopic (exact) mass is 349 g/mol. The van der Waals surface area contributed by atoms with E-state index >= 15 is 0 Å². The van der Waals surface area contributed by atoms with Crippen molar-refractivity contribution in [3.63, 3.8) is 0 Å². The minimum Gasteiger partial charge on any atom is -0.378 e. The molecule has 5 heteroatoms. The quantitative estimate of drug-likeness (QED) is 0.776. The molecule has 4 fully saturated rings. The number of amides is 1. The molecule has 0 bridgehead atoms. The van der Waals surface area contributed by atoms with E-state index in [1.165, 1.54) is 64.7 Å². The number of likely N-dealkylation sites (tertiary alicyclic amines) is 2. The first-order chi connectivity index (χ1) is 12.3. The zero-order valence-corrected chi connectivity index (χ0v) is 15.7. The van der Waals surface area contributed by atoms with Crippen molar-refractivity contribution in [2.75, 3.05) is 59.0 Å². The van der Waals surface area contributed by atoms with Gasteiger partial charge < -0.3 is 14.5 Å². The van der Waals surface area contributed by atoms with Crippen LogP contribution in [0.3, 0.4) is 0 Å². The minimum absolute atomic E-state index is 0.222. The van der Waals surface area contributed by atoms with Gasteiger partial charge in [-0.2, -0.15) is 0 Å². The van der Waals surface area contributed by atoms with Crippen LogP contribution >= 0.6 is 0 Å². The van der Waals surface area contributed by atoms with Crippen molar-refractivity contribution >= 4 is 5.91 Å². The number of nitrogens with zero attached hydrogens (tertiary/aromatic N) is 3. The minimum atomic E-state index is 0.222. The molecule has 0 aromatic carbocycles. The van der Waals surface area contributed by atoms with Crippen LogP contribution in [0.4, 0.5) is 0 Å². The van der Waals surface area contributed by atoms with E-state index < -0.39 is 0 Å². The van der Waals surface area contributed by atoms with Crippen molar-refractivity contribution in [2.45, 2.75) is 51.0 Å². The molecule has 3 heterocycles. The maximum Gasteiger partial charge on any atom is 0.227 e. The van der Waals surface area contributed by atoms with E-state index in [-0.39, 0.29) is 5.92 Å². The van der Waals surface area contributed by atoms with Crippen molar-refractivity contribution in [3.8, 4) is 0 Å². The SMILES string of the molecule is O=C([C@@H]1CCCN(C2CCN(CC3CCC3)CC2)C1)N1CCOCC1. The lowest BCUT2D eigenvalue weighted by molar-refractivity contribution is -0.142. The predicted octanol–water partition coefficient (Wildman–Crippen LogP) is 1.82. The van der Waals surface area contributed by atoms with Crippen LogP contribution in [-0.2, 0) is 9.53 Å². The van der Waals surface area contributed by atoms with Gasteiger partial charge in [0, 0.05) is 32.2 Å². The first-order valence-electron chi connectivity index (χ1n) is 10.6. The fourth-order valence-corrected chi connectivity index (χ4v) is 5.09. The highest BCUT2D eigenvalue weighted by atomic mass is 16.5. The average molecular weight is 350 g/mol. The van der Waals surface area contributed by atoms with Crippen molar-refractivity contribution in [2.24, 2.45) is 11.8 Å². The van der Waals surface area contributed by atoms with E-state index in [4.69, 9.17) is 4.74 Å². The molecule has 3 aliphatic heterocycles. The number of rotatable bonds is 4. The van der Waals surface area contributed by atoms with Crippen LogP contribution in [0.2, 0.25) is 0 Å². The molecule has 1 saturated carbocycles. The van der Waals surface area contributed by atoms with E-state index in [1.54, 1.807) is 0 Å². The second kappa shape index (κ2) is 8.36. The molecule has 142 valence electrons. The average Bonchev–Trinajstić information content (AvgIpc) is 2.65. The maximum absolute atomic E-state index is 12.8. The third-order valence-electron chi connectivity index (χ3n) is 6.94. The standard InChI is InChI=1S/C20H35N3O2/c24-20(22-11-13-25-14-12-22)18-5-2-8-23(16-18)19-6-9-21(10-7-19)15-17-3-1-4-17/h17-19H,1-16H2/t18-/m1/s1. The highest BCUT2D eigenvalue weighted by molar-refractivity contribution is 5.79. The van der Waals surface area contributed by atoms with Gasteiger partial charge in [0.05, 0.1) is 19.1 Å². The van der Waals surface area contributed by atoms with Gasteiger partial charge in [-0.3, -0.25) is 9.69 Å². The molecular weight excluding hydrogens is 314 g/mol. The van der Waals surface area contributed by atoms with Gasteiger partial charge >= 0.3 is 0 Å². The van der Waals surface area contributed by atoms with Crippen LogP contribution in [-0.4, -0.2) is 85.7 Å². The van der Waals surface area contributed by atoms with Crippen LogP contribution in [0.25, 0.3) is 0 Å². The molecule has 0 N–H and O–H groups in total. The highest BCUT2D eigenvalue weighted by Gasteiger charge is 2.34. The third kappa shape index (κ3) is 4.37. The molecule has 0 aromatic rings. The molecule has 4 rings (SSSR count). The van der Waals surface area contributed by atoms with Crippen molar-refractivity contribution in [3.05, 3.63) is 0 Å². The van der Waals surface area contributed by atoms with Crippen LogP contribution in [0.5, 0.6) is 0 Å². The van der Waals surface area contributed by atoms with Crippen molar-refractivity contribution < 1.29 is 9.53 Å². The Labute approximate surface area is 152 Å². The van der Waals surface area contributed by atoms with E-state index in [0.717, 1.165) is 32.0 Å². The Morgan fingerprint density at radius 1 is 0.880 bits per heavy atom. The van der Waals surface area contributed by atoms with Crippen LogP contribution in [0.15, 0.2) is 0 Å². The van der Waals surface area contributed by atoms with Gasteiger partial charge in [-0.25, -0.2) is 0 Å². The molecule has 25 heavy (non-hydrogen) atoms. The zero-order chi connectivity index (χ0) is 17.1. The summed E-state index contributed by atoms with van der Waals surface area (Å²) in [5.74, 6) is 1.59. The summed E-state index contributed by atoms with van der Waals surface area (Å²) >= 11 is 0. The topological polar surface area (TPSA) is 36.0 Å². The molecule has 4 aliphatic rings. The van der Waals surface area contributed by atoms with E-state index in [0.29, 0.717) is 25.2 Å². The molecule has 1 atom stereocenters. The maximum atomic E-state index is 12.8. The molecule has 5 nitrogen and oxygen atoms in total. The first kappa shape index (κ1) is 17.7. The van der Waals surface area contributed by atoms with E-state index in [1.807, 2.05) is 4.90 Å². The fourth-order valence-electron chi connectivity index (χ4n) is 5.09. The number of morpholine rings is 1. The normalized spacial score (nSPS) is 31.0. The molecular formula is C20H35N3O2. The van der Waals surface area contributed by atoms with E-state index in [9.17, 15) is 4.79 Å². The number of piperidine rings is 2. The molecule has 1 aliphatic carbocycles. The van der Waals surface area contributed by atoms with Crippen molar-refractivity contribution in [1.29, 1.82) is 0 Å². The molecule has 0 spiro atoms. The summed E-state index contributed by atoms with van der Waals surface area (Å²) in [7, 11) is 0. The van der Waals surface area contributed by atoms with Gasteiger partial charge in [0.15, 0.2) is 0 Å². The van der Waals surface area contributed by atoms with Gasteiger partial charge in [0.1, 0.15) is 0 Å².